The average molecular weight is 374 g/mol. The molecule has 0 saturated heterocycles. The van der Waals surface area contributed by atoms with Gasteiger partial charge in [-0.1, -0.05) is 24.3 Å². The fraction of sp³-hybridized carbons (Fsp3) is 0.667. The first-order valence-corrected chi connectivity index (χ1v) is 9.79. The van der Waals surface area contributed by atoms with Gasteiger partial charge in [-0.3, -0.25) is 14.4 Å². The van der Waals surface area contributed by atoms with E-state index in [4.69, 9.17) is 4.74 Å². The van der Waals surface area contributed by atoms with Gasteiger partial charge in [-0.15, -0.1) is 0 Å². The number of carbonyl (C=O) groups excluding carboxylic acids is 1. The van der Waals surface area contributed by atoms with Crippen LogP contribution in [0.2, 0.25) is 0 Å². The number of allylic oxidation sites excluding steroid dienone is 4. The van der Waals surface area contributed by atoms with Crippen LogP contribution in [-0.2, 0) is 19.1 Å². The molecular weight excluding hydrogens is 348 g/mol. The monoisotopic (exact) mass is 374 g/mol. The van der Waals surface area contributed by atoms with Crippen molar-refractivity contribution in [2.45, 2.75) is 39.0 Å². The Bertz CT molecular complexity index is 739. The lowest BCUT2D eigenvalue weighted by Gasteiger charge is -2.34. The normalized spacial score (nSPS) is 43.4. The maximum Gasteiger partial charge on any atom is 0.313 e. The fourth-order valence-corrected chi connectivity index (χ4v) is 6.12. The molecule has 4 aliphatic rings. The van der Waals surface area contributed by atoms with Crippen LogP contribution in [0.1, 0.15) is 39.0 Å². The van der Waals surface area contributed by atoms with Gasteiger partial charge in [0.25, 0.3) is 0 Å². The van der Waals surface area contributed by atoms with Crippen LogP contribution in [-0.4, -0.2) is 34.7 Å². The number of carboxylic acids is 2. The molecule has 4 bridgehead atoms. The molecule has 0 spiro atoms. The van der Waals surface area contributed by atoms with E-state index in [1.54, 1.807) is 6.92 Å². The standard InChI is InChI=1S/C21H26O6/c1-20(14-6-4-13(10-14)16(20)17(22)23)19(26)27-8-2-7-21(18(24)25)11-12-3-5-15(21)9-12/h3-6,12-16H,2,7-11H2,1H3,(H,22,23)(H,24,25)/t12?,13?,14?,15?,16-,20-,21?/m1/s1. The largest absolute Gasteiger partial charge is 0.481 e. The molecule has 146 valence electrons. The van der Waals surface area contributed by atoms with Crippen molar-refractivity contribution < 1.29 is 29.3 Å². The number of carbonyl (C=O) groups is 3. The molecule has 0 amide bonds. The van der Waals surface area contributed by atoms with Crippen LogP contribution in [0.15, 0.2) is 24.3 Å². The van der Waals surface area contributed by atoms with Gasteiger partial charge in [0.05, 0.1) is 23.4 Å². The van der Waals surface area contributed by atoms with Gasteiger partial charge in [-0.05, 0) is 62.7 Å². The smallest absolute Gasteiger partial charge is 0.313 e. The third-order valence-corrected chi connectivity index (χ3v) is 7.60. The first kappa shape index (κ1) is 18.3. The summed E-state index contributed by atoms with van der Waals surface area (Å²) in [5, 5.41) is 19.3. The van der Waals surface area contributed by atoms with Gasteiger partial charge < -0.3 is 14.9 Å². The summed E-state index contributed by atoms with van der Waals surface area (Å²) >= 11 is 0. The lowest BCUT2D eigenvalue weighted by molar-refractivity contribution is -0.167. The molecular formula is C21H26O6. The van der Waals surface area contributed by atoms with Crippen molar-refractivity contribution in [1.29, 1.82) is 0 Å². The number of fused-ring (bicyclic) bond motifs is 4. The summed E-state index contributed by atoms with van der Waals surface area (Å²) in [6.07, 6.45) is 11.2. The van der Waals surface area contributed by atoms with Gasteiger partial charge in [0.1, 0.15) is 0 Å². The minimum Gasteiger partial charge on any atom is -0.481 e. The highest BCUT2D eigenvalue weighted by atomic mass is 16.5. The SMILES string of the molecule is C[C@@]1(C(=O)OCCCC2(C(=O)O)CC3C=CC2C3)C2C=CC(C2)[C@@H]1C(=O)O. The minimum absolute atomic E-state index is 0.0697. The van der Waals surface area contributed by atoms with Crippen LogP contribution in [0.25, 0.3) is 0 Å². The molecule has 4 aliphatic carbocycles. The van der Waals surface area contributed by atoms with Crippen molar-refractivity contribution in [3.63, 3.8) is 0 Å². The van der Waals surface area contributed by atoms with Gasteiger partial charge >= 0.3 is 17.9 Å². The Morgan fingerprint density at radius 2 is 1.81 bits per heavy atom. The number of ether oxygens (including phenoxy) is 1. The number of rotatable bonds is 7. The zero-order chi connectivity index (χ0) is 19.4. The van der Waals surface area contributed by atoms with E-state index in [0.29, 0.717) is 31.6 Å². The van der Waals surface area contributed by atoms with E-state index in [1.165, 1.54) is 0 Å². The molecule has 0 aromatic carbocycles. The zero-order valence-electron chi connectivity index (χ0n) is 15.5. The van der Waals surface area contributed by atoms with Crippen LogP contribution in [0.4, 0.5) is 0 Å². The average Bonchev–Trinajstić information content (AvgIpc) is 3.37. The lowest BCUT2D eigenvalue weighted by Crippen LogP contribution is -2.44. The molecule has 2 fully saturated rings. The molecule has 0 heterocycles. The van der Waals surface area contributed by atoms with Crippen LogP contribution in [0.3, 0.4) is 0 Å². The number of aliphatic carboxylic acids is 2. The first-order valence-electron chi connectivity index (χ1n) is 9.79. The molecule has 27 heavy (non-hydrogen) atoms. The number of carboxylic acid groups (broad SMARTS) is 2. The third-order valence-electron chi connectivity index (χ3n) is 7.60. The Morgan fingerprint density at radius 3 is 2.41 bits per heavy atom. The van der Waals surface area contributed by atoms with E-state index in [2.05, 4.69) is 6.08 Å². The third kappa shape index (κ3) is 2.56. The summed E-state index contributed by atoms with van der Waals surface area (Å²) in [7, 11) is 0. The molecule has 6 nitrogen and oxygen atoms in total. The lowest BCUT2D eigenvalue weighted by atomic mass is 9.70. The Morgan fingerprint density at radius 1 is 1.07 bits per heavy atom. The van der Waals surface area contributed by atoms with E-state index in [0.717, 1.165) is 6.42 Å². The van der Waals surface area contributed by atoms with E-state index in [9.17, 15) is 24.6 Å². The van der Waals surface area contributed by atoms with E-state index < -0.39 is 34.7 Å². The van der Waals surface area contributed by atoms with E-state index in [1.807, 2.05) is 18.2 Å². The molecule has 2 saturated carbocycles. The van der Waals surface area contributed by atoms with Crippen molar-refractivity contribution in [2.75, 3.05) is 6.61 Å². The Kier molecular flexibility index (Phi) is 4.20. The highest BCUT2D eigenvalue weighted by molar-refractivity contribution is 5.86. The van der Waals surface area contributed by atoms with Crippen molar-refractivity contribution in [3.05, 3.63) is 24.3 Å². The molecule has 7 atom stereocenters. The molecule has 5 unspecified atom stereocenters. The maximum atomic E-state index is 12.8. The molecule has 0 aliphatic heterocycles. The van der Waals surface area contributed by atoms with Crippen LogP contribution >= 0.6 is 0 Å². The zero-order valence-corrected chi connectivity index (χ0v) is 15.5. The highest BCUT2D eigenvalue weighted by Crippen LogP contribution is 2.57. The molecule has 2 N–H and O–H groups in total. The summed E-state index contributed by atoms with van der Waals surface area (Å²) in [6.45, 7) is 1.83. The predicted molar refractivity (Wildman–Crippen MR) is 95.6 cm³/mol. The number of esters is 1. The second kappa shape index (κ2) is 6.21. The van der Waals surface area contributed by atoms with Crippen LogP contribution in [0.5, 0.6) is 0 Å². The maximum absolute atomic E-state index is 12.8. The molecule has 0 aromatic heterocycles. The van der Waals surface area contributed by atoms with Gasteiger partial charge in [-0.25, -0.2) is 0 Å². The van der Waals surface area contributed by atoms with Gasteiger partial charge in [0.2, 0.25) is 0 Å². The summed E-state index contributed by atoms with van der Waals surface area (Å²) in [5.74, 6) is -2.72. The van der Waals surface area contributed by atoms with Gasteiger partial charge in [-0.2, -0.15) is 0 Å². The van der Waals surface area contributed by atoms with Crippen molar-refractivity contribution >= 4 is 17.9 Å². The number of hydrogen-bond donors (Lipinski definition) is 2. The predicted octanol–water partition coefficient (Wildman–Crippen LogP) is 2.89. The van der Waals surface area contributed by atoms with Crippen molar-refractivity contribution in [1.82, 2.24) is 0 Å². The Balaban J connectivity index is 1.36. The quantitative estimate of drug-likeness (QED) is 0.404. The van der Waals surface area contributed by atoms with Crippen LogP contribution < -0.4 is 0 Å². The summed E-state index contributed by atoms with van der Waals surface area (Å²) < 4.78 is 5.48. The Labute approximate surface area is 158 Å². The molecule has 6 heteroatoms. The fourth-order valence-electron chi connectivity index (χ4n) is 6.12. The summed E-state index contributed by atoms with van der Waals surface area (Å²) in [4.78, 5) is 36.3. The topological polar surface area (TPSA) is 101 Å². The van der Waals surface area contributed by atoms with Gasteiger partial charge in [0, 0.05) is 0 Å². The second-order valence-corrected chi connectivity index (χ2v) is 8.88. The summed E-state index contributed by atoms with van der Waals surface area (Å²) in [6, 6.07) is 0. The molecule has 4 rings (SSSR count). The summed E-state index contributed by atoms with van der Waals surface area (Å²) in [5.41, 5.74) is -1.78. The highest BCUT2D eigenvalue weighted by Gasteiger charge is 2.61. The second-order valence-electron chi connectivity index (χ2n) is 8.88. The molecule has 0 radical (unpaired) electrons. The minimum atomic E-state index is -1.04. The molecule has 0 aromatic rings. The van der Waals surface area contributed by atoms with Crippen molar-refractivity contribution in [3.8, 4) is 0 Å². The number of hydrogen-bond acceptors (Lipinski definition) is 4. The van der Waals surface area contributed by atoms with E-state index >= 15 is 0 Å². The van der Waals surface area contributed by atoms with E-state index in [-0.39, 0.29) is 24.4 Å². The Hall–Kier alpha value is -2.11. The first-order chi connectivity index (χ1) is 12.8. The van der Waals surface area contributed by atoms with Crippen LogP contribution in [0, 0.1) is 40.4 Å². The van der Waals surface area contributed by atoms with Crippen molar-refractivity contribution in [2.24, 2.45) is 40.4 Å². The van der Waals surface area contributed by atoms with Gasteiger partial charge in [0.15, 0.2) is 0 Å².